The molecule has 1 fully saturated rings. The number of rotatable bonds is 4. The molecule has 0 spiro atoms. The topological polar surface area (TPSA) is 77.6 Å². The summed E-state index contributed by atoms with van der Waals surface area (Å²) in [6.07, 6.45) is 3.72. The number of ether oxygens (including phenoxy) is 1. The number of H-pyrrole nitrogens is 1. The van der Waals surface area contributed by atoms with Gasteiger partial charge in [-0.15, -0.1) is 0 Å². The number of aromatic carboxylic acids is 1. The minimum atomic E-state index is -0.953. The number of carbonyl (C=O) groups is 1. The van der Waals surface area contributed by atoms with Crippen molar-refractivity contribution in [3.8, 4) is 5.75 Å². The smallest absolute Gasteiger partial charge is 0.352 e. The molecular weight excluding hydrogens is 318 g/mol. The number of nitrogens with zero attached hydrogens (tertiary/aromatic N) is 1. The third-order valence-electron chi connectivity index (χ3n) is 4.00. The van der Waals surface area contributed by atoms with Crippen LogP contribution in [0.3, 0.4) is 0 Å². The van der Waals surface area contributed by atoms with Crippen LogP contribution in [-0.4, -0.2) is 49.3 Å². The van der Waals surface area contributed by atoms with E-state index in [1.54, 1.807) is 6.07 Å². The van der Waals surface area contributed by atoms with Gasteiger partial charge in [0.25, 0.3) is 0 Å². The van der Waals surface area contributed by atoms with Crippen molar-refractivity contribution in [3.05, 3.63) is 23.9 Å². The van der Waals surface area contributed by atoms with Crippen molar-refractivity contribution in [1.29, 1.82) is 0 Å². The molecule has 3 rings (SSSR count). The maximum Gasteiger partial charge on any atom is 0.352 e. The normalized spacial score (nSPS) is 14.4. The predicted octanol–water partition coefficient (Wildman–Crippen LogP) is 3.48. The Morgan fingerprint density at radius 3 is 2.40 bits per heavy atom. The van der Waals surface area contributed by atoms with Crippen LogP contribution < -0.4 is 15.0 Å². The molecule has 6 heteroatoms. The number of hydrogen-bond donors (Lipinski definition) is 3. The average Bonchev–Trinajstić information content (AvgIpc) is 3.01. The fourth-order valence-corrected chi connectivity index (χ4v) is 2.99. The first-order valence-corrected chi connectivity index (χ1v) is 8.86. The molecule has 1 aromatic carbocycles. The molecule has 1 aromatic heterocycles. The molecule has 2 heterocycles. The van der Waals surface area contributed by atoms with Gasteiger partial charge in [0.2, 0.25) is 0 Å². The summed E-state index contributed by atoms with van der Waals surface area (Å²) < 4.78 is 5.91. The summed E-state index contributed by atoms with van der Waals surface area (Å²) in [5.41, 5.74) is 2.11. The number of anilines is 1. The first-order chi connectivity index (χ1) is 12.0. The van der Waals surface area contributed by atoms with Crippen molar-refractivity contribution in [2.45, 2.75) is 39.2 Å². The third kappa shape index (κ3) is 4.89. The molecular formula is C19H29N3O3. The van der Waals surface area contributed by atoms with Crippen LogP contribution in [0.1, 0.15) is 43.6 Å². The number of piperidine rings is 1. The molecule has 1 aliphatic heterocycles. The van der Waals surface area contributed by atoms with Gasteiger partial charge in [-0.1, -0.05) is 0 Å². The lowest BCUT2D eigenvalue weighted by molar-refractivity contribution is 0.0691. The number of aromatic nitrogens is 1. The van der Waals surface area contributed by atoms with E-state index in [0.717, 1.165) is 35.4 Å². The number of aromatic amines is 1. The van der Waals surface area contributed by atoms with Gasteiger partial charge in [0.05, 0.1) is 11.6 Å². The van der Waals surface area contributed by atoms with Gasteiger partial charge in [-0.2, -0.15) is 0 Å². The zero-order chi connectivity index (χ0) is 18.4. The van der Waals surface area contributed by atoms with Crippen LogP contribution in [0.4, 0.5) is 5.69 Å². The van der Waals surface area contributed by atoms with E-state index in [1.807, 2.05) is 40.1 Å². The third-order valence-corrected chi connectivity index (χ3v) is 4.00. The number of benzene rings is 1. The first kappa shape index (κ1) is 19.1. The molecule has 0 unspecified atom stereocenters. The van der Waals surface area contributed by atoms with Gasteiger partial charge in [0.1, 0.15) is 11.4 Å². The highest BCUT2D eigenvalue weighted by Gasteiger charge is 2.17. The number of fused-ring (bicyclic) bond motifs is 1. The summed E-state index contributed by atoms with van der Waals surface area (Å²) in [5.74, 6) is -0.206. The van der Waals surface area contributed by atoms with Crippen LogP contribution in [0.15, 0.2) is 18.2 Å². The Kier molecular flexibility index (Phi) is 6.70. The van der Waals surface area contributed by atoms with Crippen LogP contribution >= 0.6 is 0 Å². The molecule has 0 radical (unpaired) electrons. The van der Waals surface area contributed by atoms with Crippen LogP contribution in [0, 0.1) is 0 Å². The number of hydrogen-bond acceptors (Lipinski definition) is 4. The summed E-state index contributed by atoms with van der Waals surface area (Å²) in [6.45, 7) is 6.03. The molecule has 3 N–H and O–H groups in total. The lowest BCUT2D eigenvalue weighted by Crippen LogP contribution is -2.29. The van der Waals surface area contributed by atoms with Gasteiger partial charge in [-0.3, -0.25) is 0 Å². The molecule has 2 aromatic rings. The monoisotopic (exact) mass is 347 g/mol. The highest BCUT2D eigenvalue weighted by atomic mass is 16.5. The summed E-state index contributed by atoms with van der Waals surface area (Å²) >= 11 is 0. The Labute approximate surface area is 149 Å². The zero-order valence-corrected chi connectivity index (χ0v) is 15.6. The van der Waals surface area contributed by atoms with Crippen molar-refractivity contribution < 1.29 is 14.6 Å². The minimum absolute atomic E-state index is 0.0444. The van der Waals surface area contributed by atoms with Crippen molar-refractivity contribution in [3.63, 3.8) is 0 Å². The highest BCUT2D eigenvalue weighted by Crippen LogP contribution is 2.34. The molecule has 138 valence electrons. The second-order valence-electron chi connectivity index (χ2n) is 6.61. The van der Waals surface area contributed by atoms with E-state index < -0.39 is 5.97 Å². The van der Waals surface area contributed by atoms with Crippen LogP contribution in [0.2, 0.25) is 0 Å². The highest BCUT2D eigenvalue weighted by molar-refractivity contribution is 5.97. The zero-order valence-electron chi connectivity index (χ0n) is 15.6. The SMILES string of the molecule is CC(C)Oc1cc(N2CCCCC2)cc2[nH]c(C(=O)O)cc12.CNC. The van der Waals surface area contributed by atoms with Crippen molar-refractivity contribution in [1.82, 2.24) is 10.3 Å². The van der Waals surface area contributed by atoms with Crippen molar-refractivity contribution >= 4 is 22.6 Å². The maximum absolute atomic E-state index is 11.2. The molecule has 25 heavy (non-hydrogen) atoms. The van der Waals surface area contributed by atoms with E-state index in [4.69, 9.17) is 4.74 Å². The number of nitrogens with one attached hydrogen (secondary N) is 2. The standard InChI is InChI=1S/C17H22N2O3.C2H7N/c1-11(2)22-16-9-12(19-6-4-3-5-7-19)8-14-13(16)10-15(18-14)17(20)21;1-3-2/h8-11,18H,3-7H2,1-2H3,(H,20,21);3H,1-2H3. The quantitative estimate of drug-likeness (QED) is 0.789. The Morgan fingerprint density at radius 2 is 1.84 bits per heavy atom. The van der Waals surface area contributed by atoms with Gasteiger partial charge < -0.3 is 25.0 Å². The van der Waals surface area contributed by atoms with Crippen LogP contribution in [0.25, 0.3) is 10.9 Å². The number of carboxylic acid groups (broad SMARTS) is 1. The van der Waals surface area contributed by atoms with Gasteiger partial charge in [-0.25, -0.2) is 4.79 Å². The average molecular weight is 347 g/mol. The van der Waals surface area contributed by atoms with Crippen molar-refractivity contribution in [2.75, 3.05) is 32.1 Å². The maximum atomic E-state index is 11.2. The molecule has 0 bridgehead atoms. The molecule has 0 saturated carbocycles. The Hall–Kier alpha value is -2.21. The lowest BCUT2D eigenvalue weighted by Gasteiger charge is -2.29. The number of carboxylic acids is 1. The Morgan fingerprint density at radius 1 is 1.20 bits per heavy atom. The molecule has 1 aliphatic rings. The minimum Gasteiger partial charge on any atom is -0.490 e. The van der Waals surface area contributed by atoms with E-state index >= 15 is 0 Å². The van der Waals surface area contributed by atoms with Gasteiger partial charge in [0.15, 0.2) is 0 Å². The van der Waals surface area contributed by atoms with Gasteiger partial charge in [0, 0.05) is 30.2 Å². The van der Waals surface area contributed by atoms with E-state index in [2.05, 4.69) is 15.2 Å². The van der Waals surface area contributed by atoms with E-state index in [0.29, 0.717) is 0 Å². The molecule has 0 amide bonds. The second-order valence-corrected chi connectivity index (χ2v) is 6.61. The summed E-state index contributed by atoms with van der Waals surface area (Å²) in [7, 11) is 3.75. The van der Waals surface area contributed by atoms with E-state index in [1.165, 1.54) is 19.3 Å². The van der Waals surface area contributed by atoms with Gasteiger partial charge >= 0.3 is 5.97 Å². The molecule has 0 aliphatic carbocycles. The first-order valence-electron chi connectivity index (χ1n) is 8.86. The Balaban J connectivity index is 0.000000701. The molecule has 1 saturated heterocycles. The lowest BCUT2D eigenvalue weighted by atomic mass is 10.1. The van der Waals surface area contributed by atoms with E-state index in [9.17, 15) is 9.90 Å². The fourth-order valence-electron chi connectivity index (χ4n) is 2.99. The second kappa shape index (κ2) is 8.76. The van der Waals surface area contributed by atoms with E-state index in [-0.39, 0.29) is 11.8 Å². The Bertz CT molecular complexity index is 703. The molecule has 0 atom stereocenters. The van der Waals surface area contributed by atoms with Crippen LogP contribution in [-0.2, 0) is 0 Å². The van der Waals surface area contributed by atoms with Gasteiger partial charge in [-0.05, 0) is 59.3 Å². The molecule has 6 nitrogen and oxygen atoms in total. The summed E-state index contributed by atoms with van der Waals surface area (Å²) in [4.78, 5) is 16.5. The fraction of sp³-hybridized carbons (Fsp3) is 0.526. The largest absolute Gasteiger partial charge is 0.490 e. The summed E-state index contributed by atoms with van der Waals surface area (Å²) in [5, 5.41) is 12.8. The van der Waals surface area contributed by atoms with Crippen LogP contribution in [0.5, 0.6) is 5.75 Å². The summed E-state index contributed by atoms with van der Waals surface area (Å²) in [6, 6.07) is 5.71. The van der Waals surface area contributed by atoms with Crippen molar-refractivity contribution in [2.24, 2.45) is 0 Å². The predicted molar refractivity (Wildman–Crippen MR) is 102 cm³/mol.